The van der Waals surface area contributed by atoms with Crippen molar-refractivity contribution >= 4 is 23.4 Å². The second-order valence-electron chi connectivity index (χ2n) is 3.33. The molecule has 0 heterocycles. The molecular weight excluding hydrogens is 222 g/mol. The fraction of sp³-hybridized carbons (Fsp3) is 0.250. The van der Waals surface area contributed by atoms with Crippen LogP contribution < -0.4 is 4.90 Å². The molecule has 3 nitrogen and oxygen atoms in total. The normalized spacial score (nSPS) is 9.88. The molecular formula is C12H15NO2S. The van der Waals surface area contributed by atoms with Crippen molar-refractivity contribution in [1.82, 2.24) is 0 Å². The highest BCUT2D eigenvalue weighted by Gasteiger charge is 2.16. The largest absolute Gasteiger partial charge is 0.478 e. The van der Waals surface area contributed by atoms with Crippen molar-refractivity contribution in [2.45, 2.75) is 4.90 Å². The lowest BCUT2D eigenvalue weighted by molar-refractivity contribution is 0.0694. The molecule has 0 saturated heterocycles. The Balaban J connectivity index is 3.26. The molecule has 0 aliphatic rings. The van der Waals surface area contributed by atoms with Gasteiger partial charge in [0.25, 0.3) is 0 Å². The average Bonchev–Trinajstić information content (AvgIpc) is 2.28. The number of hydrogen-bond acceptors (Lipinski definition) is 3. The Labute approximate surface area is 99.8 Å². The van der Waals surface area contributed by atoms with Gasteiger partial charge in [-0.1, -0.05) is 12.1 Å². The zero-order chi connectivity index (χ0) is 12.1. The van der Waals surface area contributed by atoms with Crippen LogP contribution in [0.4, 0.5) is 5.69 Å². The van der Waals surface area contributed by atoms with Gasteiger partial charge < -0.3 is 10.0 Å². The minimum absolute atomic E-state index is 0.361. The Morgan fingerprint density at radius 2 is 2.31 bits per heavy atom. The molecule has 86 valence electrons. The first-order chi connectivity index (χ1) is 7.61. The number of thioether (sulfide) groups is 1. The summed E-state index contributed by atoms with van der Waals surface area (Å²) in [6.07, 6.45) is 3.62. The topological polar surface area (TPSA) is 40.5 Å². The van der Waals surface area contributed by atoms with E-state index in [1.165, 1.54) is 11.8 Å². The van der Waals surface area contributed by atoms with Crippen molar-refractivity contribution in [3.05, 3.63) is 36.4 Å². The molecule has 0 aliphatic heterocycles. The molecule has 4 heteroatoms. The number of hydrogen-bond donors (Lipinski definition) is 1. The lowest BCUT2D eigenvalue weighted by Crippen LogP contribution is -2.20. The number of aromatic carboxylic acids is 1. The van der Waals surface area contributed by atoms with E-state index in [9.17, 15) is 9.90 Å². The van der Waals surface area contributed by atoms with Crippen molar-refractivity contribution in [3.63, 3.8) is 0 Å². The van der Waals surface area contributed by atoms with Gasteiger partial charge in [-0.05, 0) is 18.4 Å². The maximum atomic E-state index is 11.2. The minimum Gasteiger partial charge on any atom is -0.478 e. The van der Waals surface area contributed by atoms with Gasteiger partial charge in [-0.3, -0.25) is 0 Å². The van der Waals surface area contributed by atoms with E-state index in [0.717, 1.165) is 10.6 Å². The van der Waals surface area contributed by atoms with Gasteiger partial charge in [0.2, 0.25) is 0 Å². The highest BCUT2D eigenvalue weighted by atomic mass is 32.2. The first kappa shape index (κ1) is 12.6. The van der Waals surface area contributed by atoms with Gasteiger partial charge in [0.05, 0.1) is 11.3 Å². The van der Waals surface area contributed by atoms with Crippen LogP contribution in [0.15, 0.2) is 35.7 Å². The predicted octanol–water partition coefficient (Wildman–Crippen LogP) is 2.73. The Morgan fingerprint density at radius 3 is 2.81 bits per heavy atom. The molecule has 0 bridgehead atoms. The van der Waals surface area contributed by atoms with Crippen molar-refractivity contribution in [1.29, 1.82) is 0 Å². The number of carboxylic acid groups (broad SMARTS) is 1. The molecule has 1 aromatic carbocycles. The van der Waals surface area contributed by atoms with Gasteiger partial charge in [0, 0.05) is 18.5 Å². The van der Waals surface area contributed by atoms with Gasteiger partial charge in [-0.15, -0.1) is 18.3 Å². The second-order valence-corrected chi connectivity index (χ2v) is 4.18. The number of likely N-dealkylation sites (N-methyl/N-ethyl adjacent to an activating group) is 1. The molecule has 0 atom stereocenters. The summed E-state index contributed by atoms with van der Waals surface area (Å²) in [7, 11) is 1.85. The number of nitrogens with zero attached hydrogens (tertiary/aromatic N) is 1. The molecule has 1 rings (SSSR count). The molecule has 1 N–H and O–H groups in total. The first-order valence-corrected chi connectivity index (χ1v) is 6.06. The molecule has 0 radical (unpaired) electrons. The Kier molecular flexibility index (Phi) is 4.43. The van der Waals surface area contributed by atoms with Crippen LogP contribution in [0.5, 0.6) is 0 Å². The summed E-state index contributed by atoms with van der Waals surface area (Å²) in [5, 5.41) is 9.23. The monoisotopic (exact) mass is 237 g/mol. The molecule has 0 unspecified atom stereocenters. The maximum absolute atomic E-state index is 11.2. The van der Waals surface area contributed by atoms with Crippen LogP contribution >= 0.6 is 11.8 Å². The van der Waals surface area contributed by atoms with Gasteiger partial charge in [0.1, 0.15) is 0 Å². The minimum atomic E-state index is -0.893. The lowest BCUT2D eigenvalue weighted by Gasteiger charge is -2.20. The maximum Gasteiger partial charge on any atom is 0.338 e. The summed E-state index contributed by atoms with van der Waals surface area (Å²) < 4.78 is 0. The highest BCUT2D eigenvalue weighted by Crippen LogP contribution is 2.29. The molecule has 1 aromatic rings. The summed E-state index contributed by atoms with van der Waals surface area (Å²) >= 11 is 1.44. The van der Waals surface area contributed by atoms with E-state index in [2.05, 4.69) is 6.58 Å². The fourth-order valence-electron chi connectivity index (χ4n) is 1.51. The lowest BCUT2D eigenvalue weighted by atomic mass is 10.1. The standard InChI is InChI=1S/C12H15NO2S/c1-4-8-13(2)9-6-5-7-10(16-3)11(9)12(14)15/h4-7H,1,8H2,2-3H3,(H,14,15). The van der Waals surface area contributed by atoms with Crippen LogP contribution in [0.1, 0.15) is 10.4 Å². The number of rotatable bonds is 5. The Morgan fingerprint density at radius 1 is 1.62 bits per heavy atom. The van der Waals surface area contributed by atoms with E-state index in [-0.39, 0.29) is 0 Å². The Bertz CT molecular complexity index is 404. The molecule has 0 spiro atoms. The quantitative estimate of drug-likeness (QED) is 0.631. The van der Waals surface area contributed by atoms with E-state index in [1.54, 1.807) is 6.08 Å². The number of carboxylic acids is 1. The van der Waals surface area contributed by atoms with E-state index in [0.29, 0.717) is 12.1 Å². The van der Waals surface area contributed by atoms with Crippen LogP contribution in [0.2, 0.25) is 0 Å². The van der Waals surface area contributed by atoms with E-state index in [1.807, 2.05) is 36.4 Å². The van der Waals surface area contributed by atoms with Gasteiger partial charge in [-0.25, -0.2) is 4.79 Å². The summed E-state index contributed by atoms with van der Waals surface area (Å²) in [6, 6.07) is 5.50. The highest BCUT2D eigenvalue weighted by molar-refractivity contribution is 7.98. The van der Waals surface area contributed by atoms with Crippen molar-refractivity contribution in [3.8, 4) is 0 Å². The molecule has 0 amide bonds. The van der Waals surface area contributed by atoms with Crippen LogP contribution in [0, 0.1) is 0 Å². The smallest absolute Gasteiger partial charge is 0.338 e. The third-order valence-electron chi connectivity index (χ3n) is 2.25. The van der Waals surface area contributed by atoms with Gasteiger partial charge >= 0.3 is 5.97 Å². The predicted molar refractivity (Wildman–Crippen MR) is 68.6 cm³/mol. The second kappa shape index (κ2) is 5.61. The number of benzene rings is 1. The van der Waals surface area contributed by atoms with Crippen molar-refractivity contribution in [2.24, 2.45) is 0 Å². The van der Waals surface area contributed by atoms with Crippen molar-refractivity contribution in [2.75, 3.05) is 24.7 Å². The third-order valence-corrected chi connectivity index (χ3v) is 3.03. The molecule has 0 aromatic heterocycles. The van der Waals surface area contributed by atoms with Gasteiger partial charge in [-0.2, -0.15) is 0 Å². The number of carbonyl (C=O) groups is 1. The summed E-state index contributed by atoms with van der Waals surface area (Å²) in [4.78, 5) is 13.9. The summed E-state index contributed by atoms with van der Waals surface area (Å²) in [5.41, 5.74) is 1.08. The van der Waals surface area contributed by atoms with Crippen LogP contribution in [-0.4, -0.2) is 30.9 Å². The summed E-state index contributed by atoms with van der Waals surface area (Å²) in [6.45, 7) is 4.27. The molecule has 0 aliphatic carbocycles. The van der Waals surface area contributed by atoms with Crippen molar-refractivity contribution < 1.29 is 9.90 Å². The first-order valence-electron chi connectivity index (χ1n) is 4.84. The number of anilines is 1. The van der Waals surface area contributed by atoms with Crippen LogP contribution in [0.3, 0.4) is 0 Å². The zero-order valence-electron chi connectivity index (χ0n) is 9.43. The van der Waals surface area contributed by atoms with Crippen LogP contribution in [-0.2, 0) is 0 Å². The zero-order valence-corrected chi connectivity index (χ0v) is 10.3. The molecule has 0 fully saturated rings. The van der Waals surface area contributed by atoms with Gasteiger partial charge in [0.15, 0.2) is 0 Å². The van der Waals surface area contributed by atoms with E-state index >= 15 is 0 Å². The molecule has 16 heavy (non-hydrogen) atoms. The SMILES string of the molecule is C=CCN(C)c1cccc(SC)c1C(=O)O. The molecule has 0 saturated carbocycles. The summed E-state index contributed by atoms with van der Waals surface area (Å²) in [5.74, 6) is -0.893. The average molecular weight is 237 g/mol. The Hall–Kier alpha value is -1.42. The van der Waals surface area contributed by atoms with E-state index in [4.69, 9.17) is 0 Å². The fourth-order valence-corrected chi connectivity index (χ4v) is 2.13. The third kappa shape index (κ3) is 2.58. The van der Waals surface area contributed by atoms with E-state index < -0.39 is 5.97 Å². The van der Waals surface area contributed by atoms with Crippen LogP contribution in [0.25, 0.3) is 0 Å².